The first-order valence-electron chi connectivity index (χ1n) is 9.55. The number of carbonyl (C=O) groups excluding carboxylic acids is 1. The summed E-state index contributed by atoms with van der Waals surface area (Å²) in [4.78, 5) is 21.4. The lowest BCUT2D eigenvalue weighted by Gasteiger charge is -2.09. The van der Waals surface area contributed by atoms with Crippen LogP contribution in [0, 0.1) is 0 Å². The maximum absolute atomic E-state index is 12.9. The highest BCUT2D eigenvalue weighted by Gasteiger charge is 2.21. The van der Waals surface area contributed by atoms with E-state index in [0.29, 0.717) is 23.1 Å². The summed E-state index contributed by atoms with van der Waals surface area (Å²) in [6, 6.07) is 18.9. The smallest absolute Gasteiger partial charge is 0.274 e. The Balaban J connectivity index is 1.55. The van der Waals surface area contributed by atoms with Crippen LogP contribution in [0.3, 0.4) is 0 Å². The molecular formula is C22H20N6O2S. The van der Waals surface area contributed by atoms with Crippen molar-refractivity contribution in [1.82, 2.24) is 30.3 Å². The zero-order valence-electron chi connectivity index (χ0n) is 16.8. The maximum atomic E-state index is 12.9. The summed E-state index contributed by atoms with van der Waals surface area (Å²) in [6.45, 7) is 0.370. The fourth-order valence-corrected chi connectivity index (χ4v) is 3.68. The number of methoxy groups -OCH3 is 1. The number of hydrogen-bond donors (Lipinski definition) is 1. The number of nitrogens with zero attached hydrogens (tertiary/aromatic N) is 5. The molecule has 0 aliphatic heterocycles. The zero-order chi connectivity index (χ0) is 21.5. The van der Waals surface area contributed by atoms with Crippen LogP contribution >= 0.6 is 11.8 Å². The molecule has 2 heterocycles. The molecule has 0 atom stereocenters. The molecule has 0 saturated carbocycles. The van der Waals surface area contributed by atoms with Gasteiger partial charge in [0.2, 0.25) is 0 Å². The van der Waals surface area contributed by atoms with Crippen molar-refractivity contribution >= 4 is 17.7 Å². The summed E-state index contributed by atoms with van der Waals surface area (Å²) in [7, 11) is 1.62. The number of thioether (sulfide) groups is 1. The first-order chi connectivity index (χ1) is 15.2. The summed E-state index contributed by atoms with van der Waals surface area (Å²) in [6.07, 6.45) is 3.37. The fraction of sp³-hybridized carbons (Fsp3) is 0.136. The fourth-order valence-electron chi connectivity index (χ4n) is 2.89. The molecule has 0 radical (unpaired) electrons. The monoisotopic (exact) mass is 432 g/mol. The van der Waals surface area contributed by atoms with Crippen molar-refractivity contribution < 1.29 is 9.53 Å². The Morgan fingerprint density at radius 1 is 1.03 bits per heavy atom. The summed E-state index contributed by atoms with van der Waals surface area (Å²) in [5, 5.41) is 11.9. The van der Waals surface area contributed by atoms with Gasteiger partial charge in [0, 0.05) is 24.7 Å². The standard InChI is InChI=1S/C22H20N6O2S/c1-30-18-10-8-16(9-11-18)14-25-21(29)20-19(15-31-22-23-12-5-13-24-22)28(27-26-20)17-6-3-2-4-7-17/h2-13H,14-15H2,1H3,(H,25,29). The first kappa shape index (κ1) is 20.5. The lowest BCUT2D eigenvalue weighted by molar-refractivity contribution is 0.0945. The molecule has 0 spiro atoms. The number of nitrogens with one attached hydrogen (secondary N) is 1. The largest absolute Gasteiger partial charge is 0.497 e. The summed E-state index contributed by atoms with van der Waals surface area (Å²) >= 11 is 1.42. The Hall–Kier alpha value is -3.72. The van der Waals surface area contributed by atoms with Crippen LogP contribution in [0.15, 0.2) is 78.2 Å². The highest BCUT2D eigenvalue weighted by molar-refractivity contribution is 7.98. The van der Waals surface area contributed by atoms with E-state index in [2.05, 4.69) is 25.6 Å². The Morgan fingerprint density at radius 2 is 1.77 bits per heavy atom. The van der Waals surface area contributed by atoms with Crippen molar-refractivity contribution in [3.8, 4) is 11.4 Å². The summed E-state index contributed by atoms with van der Waals surface area (Å²) < 4.78 is 6.85. The van der Waals surface area contributed by atoms with Gasteiger partial charge in [0.15, 0.2) is 10.9 Å². The number of benzene rings is 2. The molecule has 31 heavy (non-hydrogen) atoms. The van der Waals surface area contributed by atoms with Crippen LogP contribution < -0.4 is 10.1 Å². The van der Waals surface area contributed by atoms with Gasteiger partial charge in [-0.3, -0.25) is 4.79 Å². The molecule has 1 amide bonds. The maximum Gasteiger partial charge on any atom is 0.274 e. The van der Waals surface area contributed by atoms with Gasteiger partial charge in [0.25, 0.3) is 5.91 Å². The second-order valence-corrected chi connectivity index (χ2v) is 7.43. The Morgan fingerprint density at radius 3 is 2.48 bits per heavy atom. The molecular weight excluding hydrogens is 412 g/mol. The van der Waals surface area contributed by atoms with Crippen LogP contribution in [-0.2, 0) is 12.3 Å². The Kier molecular flexibility index (Phi) is 6.53. The molecule has 4 rings (SSSR count). The molecule has 2 aromatic carbocycles. The van der Waals surface area contributed by atoms with E-state index >= 15 is 0 Å². The molecule has 0 unspecified atom stereocenters. The Labute approximate surface area is 183 Å². The van der Waals surface area contributed by atoms with Gasteiger partial charge in [0.1, 0.15) is 5.75 Å². The number of hydrogen-bond acceptors (Lipinski definition) is 7. The Bertz CT molecular complexity index is 1130. The zero-order valence-corrected chi connectivity index (χ0v) is 17.6. The summed E-state index contributed by atoms with van der Waals surface area (Å²) in [5.74, 6) is 0.919. The average molecular weight is 433 g/mol. The van der Waals surface area contributed by atoms with Crippen molar-refractivity contribution in [1.29, 1.82) is 0 Å². The minimum atomic E-state index is -0.289. The number of amides is 1. The molecule has 0 aliphatic rings. The normalized spacial score (nSPS) is 10.6. The molecule has 2 aromatic heterocycles. The molecule has 4 aromatic rings. The highest BCUT2D eigenvalue weighted by Crippen LogP contribution is 2.22. The third-order valence-corrected chi connectivity index (χ3v) is 5.36. The molecule has 156 valence electrons. The minimum Gasteiger partial charge on any atom is -0.497 e. The van der Waals surface area contributed by atoms with Crippen molar-refractivity contribution in [2.45, 2.75) is 17.5 Å². The molecule has 8 nitrogen and oxygen atoms in total. The number of para-hydroxylation sites is 1. The van der Waals surface area contributed by atoms with E-state index in [0.717, 1.165) is 17.0 Å². The van der Waals surface area contributed by atoms with Crippen LogP contribution in [0.5, 0.6) is 5.75 Å². The van der Waals surface area contributed by atoms with Gasteiger partial charge in [-0.1, -0.05) is 47.3 Å². The topological polar surface area (TPSA) is 94.8 Å². The van der Waals surface area contributed by atoms with Gasteiger partial charge < -0.3 is 10.1 Å². The second kappa shape index (κ2) is 9.86. The SMILES string of the molecule is COc1ccc(CNC(=O)c2nnn(-c3ccccc3)c2CSc2ncccn2)cc1. The van der Waals surface area contributed by atoms with E-state index in [4.69, 9.17) is 4.74 Å². The average Bonchev–Trinajstić information content (AvgIpc) is 3.27. The first-order valence-corrected chi connectivity index (χ1v) is 10.5. The summed E-state index contributed by atoms with van der Waals surface area (Å²) in [5.41, 5.74) is 2.74. The number of aromatic nitrogens is 5. The van der Waals surface area contributed by atoms with Gasteiger partial charge in [0.05, 0.1) is 18.5 Å². The van der Waals surface area contributed by atoms with Crippen LogP contribution in [0.1, 0.15) is 21.7 Å². The number of carbonyl (C=O) groups is 1. The number of rotatable bonds is 8. The predicted molar refractivity (Wildman–Crippen MR) is 117 cm³/mol. The van der Waals surface area contributed by atoms with Crippen molar-refractivity contribution in [3.05, 3.63) is 90.0 Å². The lowest BCUT2D eigenvalue weighted by atomic mass is 10.2. The van der Waals surface area contributed by atoms with Crippen LogP contribution in [0.2, 0.25) is 0 Å². The molecule has 1 N–H and O–H groups in total. The third-order valence-electron chi connectivity index (χ3n) is 4.47. The van der Waals surface area contributed by atoms with E-state index in [1.54, 1.807) is 30.3 Å². The molecule has 0 saturated heterocycles. The molecule has 9 heteroatoms. The van der Waals surface area contributed by atoms with Crippen LogP contribution in [-0.4, -0.2) is 38.0 Å². The van der Waals surface area contributed by atoms with Gasteiger partial charge in [-0.25, -0.2) is 14.6 Å². The highest BCUT2D eigenvalue weighted by atomic mass is 32.2. The van der Waals surface area contributed by atoms with Crippen LogP contribution in [0.25, 0.3) is 5.69 Å². The van der Waals surface area contributed by atoms with E-state index in [1.165, 1.54) is 11.8 Å². The predicted octanol–water partition coefficient (Wildman–Crippen LogP) is 3.29. The van der Waals surface area contributed by atoms with E-state index in [-0.39, 0.29) is 11.6 Å². The van der Waals surface area contributed by atoms with Crippen molar-refractivity contribution in [3.63, 3.8) is 0 Å². The van der Waals surface area contributed by atoms with Crippen LogP contribution in [0.4, 0.5) is 0 Å². The van der Waals surface area contributed by atoms with E-state index in [9.17, 15) is 4.79 Å². The minimum absolute atomic E-state index is 0.279. The van der Waals surface area contributed by atoms with Gasteiger partial charge in [-0.05, 0) is 35.9 Å². The van der Waals surface area contributed by atoms with E-state index < -0.39 is 0 Å². The molecule has 0 bridgehead atoms. The molecule has 0 fully saturated rings. The van der Waals surface area contributed by atoms with Crippen molar-refractivity contribution in [2.24, 2.45) is 0 Å². The van der Waals surface area contributed by atoms with Crippen molar-refractivity contribution in [2.75, 3.05) is 7.11 Å². The van der Waals surface area contributed by atoms with E-state index in [1.807, 2.05) is 54.6 Å². The molecule has 0 aliphatic carbocycles. The second-order valence-electron chi connectivity index (χ2n) is 6.48. The lowest BCUT2D eigenvalue weighted by Crippen LogP contribution is -2.24. The third kappa shape index (κ3) is 5.07. The number of ether oxygens (including phenoxy) is 1. The van der Waals surface area contributed by atoms with Gasteiger partial charge >= 0.3 is 0 Å². The quantitative estimate of drug-likeness (QED) is 0.337. The van der Waals surface area contributed by atoms with Gasteiger partial charge in [-0.2, -0.15) is 0 Å². The van der Waals surface area contributed by atoms with Gasteiger partial charge in [-0.15, -0.1) is 5.10 Å².